The first-order valence-corrected chi connectivity index (χ1v) is 7.97. The van der Waals surface area contributed by atoms with Gasteiger partial charge in [0.05, 0.1) is 6.26 Å². The smallest absolute Gasteiger partial charge is 0.454 e. The molecule has 88 valence electrons. The Kier molecular flexibility index (Phi) is 4.57. The molecule has 0 aliphatic rings. The van der Waals surface area contributed by atoms with Gasteiger partial charge >= 0.3 is 6.18 Å². The summed E-state index contributed by atoms with van der Waals surface area (Å²) in [6.45, 7) is 6.97. The molecule has 0 bridgehead atoms. The van der Waals surface area contributed by atoms with Crippen molar-refractivity contribution < 1.29 is 22.4 Å². The molecule has 0 aromatic heterocycles. The Morgan fingerprint density at radius 2 is 1.80 bits per heavy atom. The Hall–Kier alpha value is -0.783. The van der Waals surface area contributed by atoms with Crippen molar-refractivity contribution in [2.75, 3.05) is 0 Å². The van der Waals surface area contributed by atoms with Crippen molar-refractivity contribution in [2.45, 2.75) is 39.2 Å². The summed E-state index contributed by atoms with van der Waals surface area (Å²) in [5.74, 6) is -1.82. The Balaban J connectivity index is 4.71. The van der Waals surface area contributed by atoms with E-state index in [1.165, 1.54) is 6.92 Å². The Bertz CT molecular complexity index is 264. The molecule has 0 aliphatic heterocycles. The molecule has 0 fully saturated rings. The SMILES string of the molecule is CC/C(=C\O[Si](C)(C)C)C(=O)C(F)(F)F. The molecule has 0 rings (SSSR count). The normalized spacial score (nSPS) is 13.9. The zero-order valence-corrected chi connectivity index (χ0v) is 10.2. The van der Waals surface area contributed by atoms with Gasteiger partial charge in [0.25, 0.3) is 5.78 Å². The van der Waals surface area contributed by atoms with E-state index in [1.807, 2.05) is 19.6 Å². The maximum absolute atomic E-state index is 12.1. The number of carbonyl (C=O) groups excluding carboxylic acids is 1. The van der Waals surface area contributed by atoms with E-state index in [4.69, 9.17) is 4.43 Å². The van der Waals surface area contributed by atoms with Gasteiger partial charge in [-0.3, -0.25) is 4.79 Å². The second-order valence-corrected chi connectivity index (χ2v) is 8.51. The van der Waals surface area contributed by atoms with E-state index >= 15 is 0 Å². The standard InChI is InChI=1S/C9H15F3O2Si/c1-5-7(6-14-15(2,3)4)8(13)9(10,11)12/h6H,5H2,1-4H3/b7-6+. The quantitative estimate of drug-likeness (QED) is 0.428. The Morgan fingerprint density at radius 3 is 2.07 bits per heavy atom. The highest BCUT2D eigenvalue weighted by Crippen LogP contribution is 2.22. The predicted octanol–water partition coefficient (Wildman–Crippen LogP) is 3.26. The van der Waals surface area contributed by atoms with Crippen molar-refractivity contribution in [3.8, 4) is 0 Å². The molecule has 0 radical (unpaired) electrons. The molecule has 15 heavy (non-hydrogen) atoms. The van der Waals surface area contributed by atoms with E-state index in [-0.39, 0.29) is 12.0 Å². The zero-order valence-electron chi connectivity index (χ0n) is 9.23. The van der Waals surface area contributed by atoms with Gasteiger partial charge in [0.15, 0.2) is 0 Å². The van der Waals surface area contributed by atoms with Crippen LogP contribution >= 0.6 is 0 Å². The van der Waals surface area contributed by atoms with Crippen LogP contribution in [-0.4, -0.2) is 20.3 Å². The number of allylic oxidation sites excluding steroid dienone is 1. The number of alkyl halides is 3. The van der Waals surface area contributed by atoms with Gasteiger partial charge in [-0.15, -0.1) is 0 Å². The lowest BCUT2D eigenvalue weighted by molar-refractivity contribution is -0.166. The summed E-state index contributed by atoms with van der Waals surface area (Å²) in [4.78, 5) is 10.9. The molecular weight excluding hydrogens is 225 g/mol. The molecular formula is C9H15F3O2Si. The second kappa shape index (κ2) is 4.83. The van der Waals surface area contributed by atoms with Crippen LogP contribution in [0, 0.1) is 0 Å². The highest BCUT2D eigenvalue weighted by Gasteiger charge is 2.40. The molecule has 0 aromatic carbocycles. The molecule has 0 aliphatic carbocycles. The Morgan fingerprint density at radius 1 is 1.33 bits per heavy atom. The minimum atomic E-state index is -4.81. The fourth-order valence-electron chi connectivity index (χ4n) is 0.727. The van der Waals surface area contributed by atoms with Gasteiger partial charge in [-0.05, 0) is 26.1 Å². The van der Waals surface area contributed by atoms with E-state index in [0.29, 0.717) is 0 Å². The van der Waals surface area contributed by atoms with Crippen LogP contribution in [-0.2, 0) is 9.22 Å². The van der Waals surface area contributed by atoms with Crippen molar-refractivity contribution >= 4 is 14.1 Å². The summed E-state index contributed by atoms with van der Waals surface area (Å²) < 4.78 is 41.4. The highest BCUT2D eigenvalue weighted by atomic mass is 28.4. The summed E-state index contributed by atoms with van der Waals surface area (Å²) >= 11 is 0. The number of halogens is 3. The van der Waals surface area contributed by atoms with Crippen LogP contribution < -0.4 is 0 Å². The molecule has 2 nitrogen and oxygen atoms in total. The second-order valence-electron chi connectivity index (χ2n) is 4.05. The van der Waals surface area contributed by atoms with Gasteiger partial charge in [0.1, 0.15) is 0 Å². The fourth-order valence-corrected chi connectivity index (χ4v) is 1.22. The van der Waals surface area contributed by atoms with E-state index in [1.54, 1.807) is 0 Å². The Labute approximate surface area is 88.2 Å². The topological polar surface area (TPSA) is 26.3 Å². The summed E-state index contributed by atoms with van der Waals surface area (Å²) in [5, 5.41) is 0. The molecule has 0 heterocycles. The van der Waals surface area contributed by atoms with Crippen LogP contribution in [0.2, 0.25) is 19.6 Å². The summed E-state index contributed by atoms with van der Waals surface area (Å²) in [7, 11) is -1.94. The van der Waals surface area contributed by atoms with E-state index < -0.39 is 20.3 Å². The van der Waals surface area contributed by atoms with E-state index in [2.05, 4.69) is 0 Å². The van der Waals surface area contributed by atoms with Crippen LogP contribution in [0.3, 0.4) is 0 Å². The van der Waals surface area contributed by atoms with Crippen LogP contribution in [0.5, 0.6) is 0 Å². The molecule has 0 spiro atoms. The monoisotopic (exact) mass is 240 g/mol. The van der Waals surface area contributed by atoms with Gasteiger partial charge in [-0.1, -0.05) is 6.92 Å². The third kappa shape index (κ3) is 5.61. The number of hydrogen-bond donors (Lipinski definition) is 0. The minimum absolute atomic E-state index is 0.0167. The highest BCUT2D eigenvalue weighted by molar-refractivity contribution is 6.69. The summed E-state index contributed by atoms with van der Waals surface area (Å²) in [5.41, 5.74) is -0.329. The van der Waals surface area contributed by atoms with Crippen LogP contribution in [0.25, 0.3) is 0 Å². The van der Waals surface area contributed by atoms with Crippen molar-refractivity contribution in [2.24, 2.45) is 0 Å². The van der Waals surface area contributed by atoms with Crippen molar-refractivity contribution in [3.05, 3.63) is 11.8 Å². The number of Topliss-reactive ketones (excluding diaryl/α,β-unsaturated/α-hetero) is 1. The number of carbonyl (C=O) groups is 1. The van der Waals surface area contributed by atoms with Gasteiger partial charge < -0.3 is 4.43 Å². The maximum atomic E-state index is 12.1. The van der Waals surface area contributed by atoms with Crippen molar-refractivity contribution in [3.63, 3.8) is 0 Å². The maximum Gasteiger partial charge on any atom is 0.454 e. The average Bonchev–Trinajstić information content (AvgIpc) is 2.01. The lowest BCUT2D eigenvalue weighted by Crippen LogP contribution is -2.27. The van der Waals surface area contributed by atoms with Gasteiger partial charge in [0.2, 0.25) is 8.32 Å². The first-order valence-electron chi connectivity index (χ1n) is 4.56. The fraction of sp³-hybridized carbons (Fsp3) is 0.667. The first kappa shape index (κ1) is 14.2. The average molecular weight is 240 g/mol. The van der Waals surface area contributed by atoms with Crippen molar-refractivity contribution in [1.82, 2.24) is 0 Å². The van der Waals surface area contributed by atoms with Crippen LogP contribution in [0.1, 0.15) is 13.3 Å². The van der Waals surface area contributed by atoms with E-state index in [0.717, 1.165) is 6.26 Å². The molecule has 0 saturated carbocycles. The molecule has 0 unspecified atom stereocenters. The number of hydrogen-bond acceptors (Lipinski definition) is 2. The van der Waals surface area contributed by atoms with E-state index in [9.17, 15) is 18.0 Å². The van der Waals surface area contributed by atoms with Crippen LogP contribution in [0.15, 0.2) is 11.8 Å². The predicted molar refractivity (Wildman–Crippen MR) is 53.9 cm³/mol. The third-order valence-corrected chi connectivity index (χ3v) is 2.31. The molecule has 0 saturated heterocycles. The van der Waals surface area contributed by atoms with Crippen LogP contribution in [0.4, 0.5) is 13.2 Å². The van der Waals surface area contributed by atoms with Gasteiger partial charge in [0, 0.05) is 5.57 Å². The third-order valence-electron chi connectivity index (χ3n) is 1.48. The minimum Gasteiger partial charge on any atom is -0.549 e. The lowest BCUT2D eigenvalue weighted by Gasteiger charge is -2.16. The summed E-state index contributed by atoms with van der Waals surface area (Å²) in [6.07, 6.45) is -3.84. The molecule has 0 amide bonds. The molecule has 0 aromatic rings. The summed E-state index contributed by atoms with van der Waals surface area (Å²) in [6, 6.07) is 0. The van der Waals surface area contributed by atoms with Gasteiger partial charge in [-0.2, -0.15) is 13.2 Å². The zero-order chi connectivity index (χ0) is 12.3. The van der Waals surface area contributed by atoms with Gasteiger partial charge in [-0.25, -0.2) is 0 Å². The molecule has 0 atom stereocenters. The van der Waals surface area contributed by atoms with Crippen molar-refractivity contribution in [1.29, 1.82) is 0 Å². The first-order chi connectivity index (χ1) is 6.58. The lowest BCUT2D eigenvalue weighted by atomic mass is 10.1. The molecule has 6 heteroatoms. The molecule has 0 N–H and O–H groups in total. The largest absolute Gasteiger partial charge is 0.549 e. The number of rotatable bonds is 4. The number of ketones is 1.